The summed E-state index contributed by atoms with van der Waals surface area (Å²) in [6.07, 6.45) is 0. The van der Waals surface area contributed by atoms with Gasteiger partial charge in [-0.3, -0.25) is 0 Å². The van der Waals surface area contributed by atoms with Gasteiger partial charge in [0.25, 0.3) is 0 Å². The molecule has 0 fully saturated rings. The molecular weight excluding hydrogens is 611 g/mol. The molecule has 5 nitrogen and oxygen atoms in total. The predicted octanol–water partition coefficient (Wildman–Crippen LogP) is 11.5. The summed E-state index contributed by atoms with van der Waals surface area (Å²) in [7, 11) is 0. The fraction of sp³-hybridized carbons (Fsp3) is 0. The molecule has 0 N–H and O–H groups in total. The van der Waals surface area contributed by atoms with Gasteiger partial charge in [0.15, 0.2) is 0 Å². The van der Waals surface area contributed by atoms with Crippen molar-refractivity contribution in [3.63, 3.8) is 0 Å². The Balaban J connectivity index is 1.21. The zero-order valence-corrected chi connectivity index (χ0v) is 26.7. The van der Waals surface area contributed by atoms with E-state index in [0.717, 1.165) is 66.5 Å². The minimum Gasteiger partial charge on any atom is -0.318 e. The van der Waals surface area contributed by atoms with E-state index in [2.05, 4.69) is 92.8 Å². The Morgan fingerprint density at radius 3 is 1.90 bits per heavy atom. The molecule has 0 spiro atoms. The summed E-state index contributed by atoms with van der Waals surface area (Å²) in [4.78, 5) is 3.89. The molecule has 0 aliphatic carbocycles. The molecule has 230 valence electrons. The molecule has 0 aliphatic rings. The van der Waals surface area contributed by atoms with Crippen LogP contribution in [0.15, 0.2) is 152 Å². The molecule has 0 radical (unpaired) electrons. The predicted molar refractivity (Wildman–Crippen MR) is 202 cm³/mol. The molecule has 0 amide bonds. The first-order valence-corrected chi connectivity index (χ1v) is 16.3. The molecule has 5 heteroatoms. The van der Waals surface area contributed by atoms with Crippen molar-refractivity contribution in [1.29, 1.82) is 10.5 Å². The van der Waals surface area contributed by atoms with Gasteiger partial charge in [-0.1, -0.05) is 97.1 Å². The molecule has 2 heterocycles. The summed E-state index contributed by atoms with van der Waals surface area (Å²) in [5.74, 6) is 0. The van der Waals surface area contributed by atoms with Crippen LogP contribution in [0.5, 0.6) is 0 Å². The van der Waals surface area contributed by atoms with Crippen LogP contribution in [0.25, 0.3) is 82.1 Å². The van der Waals surface area contributed by atoms with E-state index < -0.39 is 0 Å². The zero-order valence-electron chi connectivity index (χ0n) is 26.7. The van der Waals surface area contributed by atoms with E-state index in [-0.39, 0.29) is 0 Å². The summed E-state index contributed by atoms with van der Waals surface area (Å²) in [5, 5.41) is 24.3. The Morgan fingerprint density at radius 1 is 0.500 bits per heavy atom. The number of hydrogen-bond donors (Lipinski definition) is 0. The minimum absolute atomic E-state index is 0.544. The smallest absolute Gasteiger partial charge is 0.211 e. The van der Waals surface area contributed by atoms with Crippen LogP contribution in [0.4, 0.5) is 5.69 Å². The van der Waals surface area contributed by atoms with Crippen molar-refractivity contribution in [2.75, 3.05) is 0 Å². The molecule has 2 aromatic heterocycles. The Hall–Kier alpha value is -7.39. The van der Waals surface area contributed by atoms with Crippen LogP contribution in [0.1, 0.15) is 11.1 Å². The molecule has 0 atom stereocenters. The van der Waals surface area contributed by atoms with E-state index in [1.54, 1.807) is 0 Å². The van der Waals surface area contributed by atoms with Crippen molar-refractivity contribution in [1.82, 2.24) is 9.13 Å². The maximum atomic E-state index is 10.5. The van der Waals surface area contributed by atoms with Gasteiger partial charge < -0.3 is 9.13 Å². The number of nitriles is 2. The van der Waals surface area contributed by atoms with Crippen molar-refractivity contribution in [2.45, 2.75) is 0 Å². The van der Waals surface area contributed by atoms with Crippen LogP contribution in [0, 0.1) is 29.2 Å². The van der Waals surface area contributed by atoms with Crippen LogP contribution in [-0.2, 0) is 0 Å². The number of rotatable bonds is 4. The number of aromatic nitrogens is 2. The first-order valence-electron chi connectivity index (χ1n) is 16.3. The lowest BCUT2D eigenvalue weighted by Crippen LogP contribution is -1.98. The number of nitrogens with zero attached hydrogens (tertiary/aromatic N) is 5. The van der Waals surface area contributed by atoms with Crippen LogP contribution in [0.2, 0.25) is 0 Å². The summed E-state index contributed by atoms with van der Waals surface area (Å²) in [6.45, 7) is 7.99. The second-order valence-electron chi connectivity index (χ2n) is 12.3. The lowest BCUT2D eigenvalue weighted by Gasteiger charge is -2.16. The third-order valence-corrected chi connectivity index (χ3v) is 9.61. The summed E-state index contributed by atoms with van der Waals surface area (Å²) >= 11 is 0. The van der Waals surface area contributed by atoms with Gasteiger partial charge in [0, 0.05) is 27.4 Å². The highest BCUT2D eigenvalue weighted by molar-refractivity contribution is 6.14. The van der Waals surface area contributed by atoms with Crippen LogP contribution < -0.4 is 0 Å². The lowest BCUT2D eigenvalue weighted by molar-refractivity contribution is 1.18. The van der Waals surface area contributed by atoms with Gasteiger partial charge in [0.2, 0.25) is 5.69 Å². The number of benzene rings is 7. The fourth-order valence-corrected chi connectivity index (χ4v) is 7.44. The monoisotopic (exact) mass is 635 g/mol. The zero-order chi connectivity index (χ0) is 33.8. The fourth-order valence-electron chi connectivity index (χ4n) is 7.44. The van der Waals surface area contributed by atoms with E-state index >= 15 is 0 Å². The van der Waals surface area contributed by atoms with Crippen LogP contribution in [0.3, 0.4) is 0 Å². The Bertz CT molecular complexity index is 2920. The van der Waals surface area contributed by atoms with Gasteiger partial charge in [-0.2, -0.15) is 10.5 Å². The molecule has 0 saturated heterocycles. The topological polar surface area (TPSA) is 61.8 Å². The van der Waals surface area contributed by atoms with E-state index in [4.69, 9.17) is 6.57 Å². The Kier molecular flexibility index (Phi) is 6.56. The van der Waals surface area contributed by atoms with Crippen LogP contribution >= 0.6 is 0 Å². The molecule has 9 aromatic rings. The van der Waals surface area contributed by atoms with E-state index in [0.29, 0.717) is 16.8 Å². The van der Waals surface area contributed by atoms with Gasteiger partial charge >= 0.3 is 0 Å². The van der Waals surface area contributed by atoms with Crippen molar-refractivity contribution in [2.24, 2.45) is 0 Å². The Morgan fingerprint density at radius 2 is 1.16 bits per heavy atom. The van der Waals surface area contributed by atoms with Gasteiger partial charge in [0.1, 0.15) is 0 Å². The highest BCUT2D eigenvalue weighted by Gasteiger charge is 2.19. The summed E-state index contributed by atoms with van der Waals surface area (Å²) in [6, 6.07) is 55.5. The average Bonchev–Trinajstić information content (AvgIpc) is 3.70. The molecule has 0 aliphatic heterocycles. The van der Waals surface area contributed by atoms with Gasteiger partial charge in [-0.15, -0.1) is 0 Å². The molecule has 0 unspecified atom stereocenters. The largest absolute Gasteiger partial charge is 0.318 e. The Labute approximate surface area is 288 Å². The van der Waals surface area contributed by atoms with E-state index in [1.807, 2.05) is 84.9 Å². The normalized spacial score (nSPS) is 11.1. The second kappa shape index (κ2) is 11.4. The summed E-state index contributed by atoms with van der Waals surface area (Å²) < 4.78 is 4.37. The van der Waals surface area contributed by atoms with Gasteiger partial charge in [0.05, 0.1) is 57.6 Å². The van der Waals surface area contributed by atoms with Gasteiger partial charge in [-0.05, 0) is 76.7 Å². The third kappa shape index (κ3) is 4.31. The average molecular weight is 636 g/mol. The minimum atomic E-state index is 0.544. The lowest BCUT2D eigenvalue weighted by atomic mass is 9.95. The molecule has 9 rings (SSSR count). The maximum absolute atomic E-state index is 10.5. The van der Waals surface area contributed by atoms with E-state index in [1.165, 1.54) is 10.8 Å². The molecule has 50 heavy (non-hydrogen) atoms. The van der Waals surface area contributed by atoms with Crippen molar-refractivity contribution in [3.8, 4) is 45.8 Å². The molecule has 0 bridgehead atoms. The van der Waals surface area contributed by atoms with Crippen molar-refractivity contribution < 1.29 is 0 Å². The van der Waals surface area contributed by atoms with Crippen LogP contribution in [-0.4, -0.2) is 9.13 Å². The first kappa shape index (κ1) is 28.8. The highest BCUT2D eigenvalue weighted by Crippen LogP contribution is 2.41. The molecule has 0 saturated carbocycles. The number of fused-ring (bicyclic) bond motifs is 6. The number of para-hydroxylation sites is 4. The quantitative estimate of drug-likeness (QED) is 0.181. The SMILES string of the molecule is [C-]#[N+]c1cccc2c3cc(C#N)ccc3n(-c3ccccc3-c3cccc(-c4ccc(-n5c6ccccc6c6ccccc65)cc4C#N)c3)c12. The summed E-state index contributed by atoms with van der Waals surface area (Å²) in [5.41, 5.74) is 11.2. The third-order valence-electron chi connectivity index (χ3n) is 9.61. The number of hydrogen-bond acceptors (Lipinski definition) is 2. The van der Waals surface area contributed by atoms with Crippen molar-refractivity contribution in [3.05, 3.63) is 174 Å². The molecule has 7 aromatic carbocycles. The van der Waals surface area contributed by atoms with Gasteiger partial charge in [-0.25, -0.2) is 4.85 Å². The van der Waals surface area contributed by atoms with E-state index in [9.17, 15) is 10.5 Å². The maximum Gasteiger partial charge on any atom is 0.211 e. The van der Waals surface area contributed by atoms with Crippen molar-refractivity contribution >= 4 is 49.3 Å². The highest BCUT2D eigenvalue weighted by atomic mass is 15.0. The standard InChI is InChI=1S/C45H25N5/c1-48-40-16-9-15-38-39-24-29(27-46)20-23-44(39)50(45(38)40)41-17-5-2-12-35(41)31-11-8-10-30(25-31)34-22-21-33(26-32(34)28-47)49-42-18-6-3-13-36(42)37-14-4-7-19-43(37)49/h2-26H. The second-order valence-corrected chi connectivity index (χ2v) is 12.3. The molecular formula is C45H25N5. The first-order chi connectivity index (χ1) is 24.7.